The summed E-state index contributed by atoms with van der Waals surface area (Å²) in [6.45, 7) is 2.81. The molecule has 0 bridgehead atoms. The molecule has 2 amide bonds. The van der Waals surface area contributed by atoms with Crippen LogP contribution in [0.3, 0.4) is 0 Å². The number of nitrogens with zero attached hydrogens (tertiary/aromatic N) is 1. The van der Waals surface area contributed by atoms with Crippen LogP contribution in [-0.2, 0) is 26.0 Å². The molecule has 0 aliphatic carbocycles. The number of sulfonamides is 1. The average Bonchev–Trinajstić information content (AvgIpc) is 3.37. The number of carbonyl (C=O) groups is 2. The van der Waals surface area contributed by atoms with E-state index in [0.29, 0.717) is 37.3 Å². The van der Waals surface area contributed by atoms with Crippen LogP contribution in [0.4, 0.5) is 11.4 Å². The van der Waals surface area contributed by atoms with Gasteiger partial charge < -0.3 is 16.0 Å². The molecule has 0 radical (unpaired) electrons. The standard InChI is InChI=1S/C26H30N4O4S2/c1-18(19-6-3-2-4-7-19)29-36(33,34)24-16-21(28-25(31)17-22-8-5-15-35-22)9-10-23(24)30-13-11-20(12-14-30)26(27)32/h2-10,15-16,18,20,29H,11-14,17H2,1H3,(H2,27,32)(H,28,31). The van der Waals surface area contributed by atoms with Crippen molar-refractivity contribution in [1.82, 2.24) is 4.72 Å². The summed E-state index contributed by atoms with van der Waals surface area (Å²) >= 11 is 1.49. The highest BCUT2D eigenvalue weighted by atomic mass is 32.2. The minimum absolute atomic E-state index is 0.0803. The Hall–Kier alpha value is -3.21. The van der Waals surface area contributed by atoms with E-state index >= 15 is 0 Å². The summed E-state index contributed by atoms with van der Waals surface area (Å²) in [6, 6.07) is 17.6. The first-order chi connectivity index (χ1) is 17.2. The number of hydrogen-bond donors (Lipinski definition) is 3. The van der Waals surface area contributed by atoms with Crippen LogP contribution >= 0.6 is 11.3 Å². The molecule has 1 aromatic heterocycles. The zero-order valence-electron chi connectivity index (χ0n) is 20.0. The predicted octanol–water partition coefficient (Wildman–Crippen LogP) is 3.67. The third-order valence-corrected chi connectivity index (χ3v) is 8.76. The Morgan fingerprint density at radius 2 is 1.81 bits per heavy atom. The molecule has 8 nitrogen and oxygen atoms in total. The van der Waals surface area contributed by atoms with E-state index in [1.54, 1.807) is 19.1 Å². The number of hydrogen-bond acceptors (Lipinski definition) is 6. The number of amides is 2. The van der Waals surface area contributed by atoms with Gasteiger partial charge in [0.2, 0.25) is 21.8 Å². The fraction of sp³-hybridized carbons (Fsp3) is 0.308. The predicted molar refractivity (Wildman–Crippen MR) is 142 cm³/mol. The van der Waals surface area contributed by atoms with Crippen molar-refractivity contribution in [3.8, 4) is 0 Å². The second kappa shape index (κ2) is 11.2. The van der Waals surface area contributed by atoms with Gasteiger partial charge in [-0.1, -0.05) is 36.4 Å². The van der Waals surface area contributed by atoms with Crippen LogP contribution in [0.15, 0.2) is 70.9 Å². The summed E-state index contributed by atoms with van der Waals surface area (Å²) in [4.78, 5) is 27.1. The Kier molecular flexibility index (Phi) is 8.07. The van der Waals surface area contributed by atoms with E-state index in [-0.39, 0.29) is 29.0 Å². The zero-order valence-corrected chi connectivity index (χ0v) is 21.6. The number of primary amides is 1. The fourth-order valence-electron chi connectivity index (χ4n) is 4.36. The molecule has 4 rings (SSSR count). The van der Waals surface area contributed by atoms with Gasteiger partial charge in [0.1, 0.15) is 4.90 Å². The van der Waals surface area contributed by atoms with Gasteiger partial charge in [0, 0.05) is 35.6 Å². The molecular weight excluding hydrogens is 496 g/mol. The number of carbonyl (C=O) groups excluding carboxylic acids is 2. The van der Waals surface area contributed by atoms with Crippen molar-refractivity contribution in [3.05, 3.63) is 76.5 Å². The molecule has 0 saturated carbocycles. The highest BCUT2D eigenvalue weighted by molar-refractivity contribution is 7.89. The van der Waals surface area contributed by atoms with E-state index in [2.05, 4.69) is 10.0 Å². The van der Waals surface area contributed by atoms with Gasteiger partial charge in [-0.15, -0.1) is 11.3 Å². The first-order valence-corrected chi connectivity index (χ1v) is 14.2. The van der Waals surface area contributed by atoms with Crippen molar-refractivity contribution >= 4 is 44.5 Å². The third-order valence-electron chi connectivity index (χ3n) is 6.32. The van der Waals surface area contributed by atoms with Crippen molar-refractivity contribution in [1.29, 1.82) is 0 Å². The molecule has 2 aromatic carbocycles. The molecule has 2 heterocycles. The number of anilines is 2. The molecule has 1 unspecified atom stereocenters. The van der Waals surface area contributed by atoms with Crippen LogP contribution in [-0.4, -0.2) is 33.3 Å². The molecule has 36 heavy (non-hydrogen) atoms. The topological polar surface area (TPSA) is 122 Å². The maximum atomic E-state index is 13.6. The number of nitrogens with one attached hydrogen (secondary N) is 2. The molecular formula is C26H30N4O4S2. The molecule has 0 spiro atoms. The molecule has 4 N–H and O–H groups in total. The van der Waals surface area contributed by atoms with Crippen molar-refractivity contribution in [3.63, 3.8) is 0 Å². The maximum absolute atomic E-state index is 13.6. The summed E-state index contributed by atoms with van der Waals surface area (Å²) in [6.07, 6.45) is 1.33. The number of benzene rings is 2. The second-order valence-corrected chi connectivity index (χ2v) is 11.6. The SMILES string of the molecule is CC(NS(=O)(=O)c1cc(NC(=O)Cc2cccs2)ccc1N1CCC(C(N)=O)CC1)c1ccccc1. The van der Waals surface area contributed by atoms with E-state index < -0.39 is 16.1 Å². The molecule has 10 heteroatoms. The Balaban J connectivity index is 1.61. The van der Waals surface area contributed by atoms with Crippen LogP contribution in [0, 0.1) is 5.92 Å². The number of nitrogens with two attached hydrogens (primary N) is 1. The Morgan fingerprint density at radius 1 is 1.08 bits per heavy atom. The van der Waals surface area contributed by atoms with Gasteiger partial charge in [-0.05, 0) is 55.0 Å². The molecule has 3 aromatic rings. The van der Waals surface area contributed by atoms with Crippen LogP contribution < -0.4 is 20.7 Å². The second-order valence-electron chi connectivity index (χ2n) is 8.90. The van der Waals surface area contributed by atoms with Gasteiger partial charge in [-0.3, -0.25) is 9.59 Å². The molecule has 1 fully saturated rings. The molecule has 190 valence electrons. The Labute approximate surface area is 215 Å². The lowest BCUT2D eigenvalue weighted by Crippen LogP contribution is -2.39. The summed E-state index contributed by atoms with van der Waals surface area (Å²) in [5.41, 5.74) is 7.24. The molecule has 1 atom stereocenters. The summed E-state index contributed by atoms with van der Waals surface area (Å²) in [7, 11) is -3.96. The normalized spacial score (nSPS) is 15.4. The summed E-state index contributed by atoms with van der Waals surface area (Å²) in [5, 5.41) is 4.73. The number of piperidine rings is 1. The Bertz CT molecular complexity index is 1300. The van der Waals surface area contributed by atoms with Crippen LogP contribution in [0.1, 0.15) is 36.2 Å². The van der Waals surface area contributed by atoms with Crippen molar-refractivity contribution in [2.75, 3.05) is 23.3 Å². The van der Waals surface area contributed by atoms with Crippen LogP contribution in [0.5, 0.6) is 0 Å². The van der Waals surface area contributed by atoms with Gasteiger partial charge >= 0.3 is 0 Å². The van der Waals surface area contributed by atoms with Crippen molar-refractivity contribution in [2.24, 2.45) is 11.7 Å². The molecule has 1 aliphatic heterocycles. The highest BCUT2D eigenvalue weighted by Crippen LogP contribution is 2.32. The van der Waals surface area contributed by atoms with Crippen LogP contribution in [0.2, 0.25) is 0 Å². The van der Waals surface area contributed by atoms with E-state index in [0.717, 1.165) is 10.4 Å². The van der Waals surface area contributed by atoms with E-state index in [9.17, 15) is 18.0 Å². The van der Waals surface area contributed by atoms with Crippen LogP contribution in [0.25, 0.3) is 0 Å². The smallest absolute Gasteiger partial charge is 0.243 e. The zero-order chi connectivity index (χ0) is 25.7. The minimum Gasteiger partial charge on any atom is -0.370 e. The van der Waals surface area contributed by atoms with Crippen molar-refractivity contribution in [2.45, 2.75) is 37.1 Å². The average molecular weight is 527 g/mol. The van der Waals surface area contributed by atoms with Gasteiger partial charge in [-0.2, -0.15) is 0 Å². The van der Waals surface area contributed by atoms with Gasteiger partial charge in [0.05, 0.1) is 12.1 Å². The van der Waals surface area contributed by atoms with E-state index in [1.807, 2.05) is 52.7 Å². The first kappa shape index (κ1) is 25.9. The monoisotopic (exact) mass is 526 g/mol. The van der Waals surface area contributed by atoms with E-state index in [4.69, 9.17) is 5.73 Å². The highest BCUT2D eigenvalue weighted by Gasteiger charge is 2.29. The lowest BCUT2D eigenvalue weighted by atomic mass is 9.96. The first-order valence-electron chi connectivity index (χ1n) is 11.8. The quantitative estimate of drug-likeness (QED) is 0.393. The third kappa shape index (κ3) is 6.31. The molecule has 1 saturated heterocycles. The minimum atomic E-state index is -3.96. The largest absolute Gasteiger partial charge is 0.370 e. The summed E-state index contributed by atoms with van der Waals surface area (Å²) in [5.74, 6) is -0.764. The van der Waals surface area contributed by atoms with Crippen molar-refractivity contribution < 1.29 is 18.0 Å². The maximum Gasteiger partial charge on any atom is 0.243 e. The number of rotatable bonds is 9. The summed E-state index contributed by atoms with van der Waals surface area (Å²) < 4.78 is 30.0. The molecule has 1 aliphatic rings. The lowest BCUT2D eigenvalue weighted by Gasteiger charge is -2.33. The lowest BCUT2D eigenvalue weighted by molar-refractivity contribution is -0.122. The Morgan fingerprint density at radius 3 is 2.44 bits per heavy atom. The number of thiophene rings is 1. The van der Waals surface area contributed by atoms with Gasteiger partial charge in [-0.25, -0.2) is 13.1 Å². The fourth-order valence-corrected chi connectivity index (χ4v) is 6.54. The van der Waals surface area contributed by atoms with Gasteiger partial charge in [0.25, 0.3) is 0 Å². The van der Waals surface area contributed by atoms with E-state index in [1.165, 1.54) is 17.4 Å². The van der Waals surface area contributed by atoms with Gasteiger partial charge in [0.15, 0.2) is 0 Å².